The number of rotatable bonds is 6. The molecule has 0 radical (unpaired) electrons. The molecule has 5 heteroatoms. The largest absolute Gasteiger partial charge is 0.494 e. The highest BCUT2D eigenvalue weighted by Gasteiger charge is 2.19. The number of aryl methyl sites for hydroxylation is 2. The Balaban J connectivity index is 2.32. The molecule has 0 spiro atoms. The minimum absolute atomic E-state index is 0.00523. The molecular weight excluding hydrogens is 264 g/mol. The summed E-state index contributed by atoms with van der Waals surface area (Å²) in [5.41, 5.74) is 7.43. The van der Waals surface area contributed by atoms with E-state index in [0.717, 1.165) is 23.4 Å². The summed E-state index contributed by atoms with van der Waals surface area (Å²) in [6, 6.07) is 8.01. The van der Waals surface area contributed by atoms with Crippen molar-refractivity contribution in [2.24, 2.45) is 12.9 Å². The zero-order valence-corrected chi connectivity index (χ0v) is 13.2. The maximum absolute atomic E-state index is 5.79. The van der Waals surface area contributed by atoms with E-state index in [1.807, 2.05) is 43.8 Å². The van der Waals surface area contributed by atoms with Crippen LogP contribution in [-0.2, 0) is 13.5 Å². The summed E-state index contributed by atoms with van der Waals surface area (Å²) < 4.78 is 7.62. The van der Waals surface area contributed by atoms with Gasteiger partial charge in [-0.05, 0) is 38.8 Å². The molecule has 0 aliphatic rings. The van der Waals surface area contributed by atoms with Gasteiger partial charge in [0.05, 0.1) is 18.3 Å². The summed E-state index contributed by atoms with van der Waals surface area (Å²) in [6.07, 6.45) is 0.784. The lowest BCUT2D eigenvalue weighted by Crippen LogP contribution is -2.30. The normalized spacial score (nSPS) is 12.4. The third-order valence-corrected chi connectivity index (χ3v) is 3.86. The lowest BCUT2D eigenvalue weighted by atomic mass is 9.97. The Morgan fingerprint density at radius 2 is 2.05 bits per heavy atom. The monoisotopic (exact) mass is 288 g/mol. The van der Waals surface area contributed by atoms with Crippen LogP contribution in [0.2, 0.25) is 0 Å². The Bertz CT molecular complexity index is 606. The number of hydrazine groups is 1. The molecule has 114 valence electrons. The van der Waals surface area contributed by atoms with Crippen LogP contribution in [0.15, 0.2) is 24.3 Å². The van der Waals surface area contributed by atoms with Gasteiger partial charge in [-0.15, -0.1) is 0 Å². The molecule has 1 heterocycles. The molecule has 1 unspecified atom stereocenters. The summed E-state index contributed by atoms with van der Waals surface area (Å²) in [5, 5.41) is 4.47. The SMILES string of the molecule is CCOc1ccccc1C(Cc1c(C)nn(C)c1C)NN. The van der Waals surface area contributed by atoms with Crippen molar-refractivity contribution >= 4 is 0 Å². The van der Waals surface area contributed by atoms with Gasteiger partial charge in [0.1, 0.15) is 5.75 Å². The first-order valence-electron chi connectivity index (χ1n) is 7.25. The molecule has 1 aromatic heterocycles. The first-order valence-corrected chi connectivity index (χ1v) is 7.25. The average Bonchev–Trinajstić information content (AvgIpc) is 2.71. The molecule has 0 amide bonds. The highest BCUT2D eigenvalue weighted by Crippen LogP contribution is 2.28. The van der Waals surface area contributed by atoms with Crippen molar-refractivity contribution in [3.63, 3.8) is 0 Å². The van der Waals surface area contributed by atoms with Crippen LogP contribution in [-0.4, -0.2) is 16.4 Å². The Morgan fingerprint density at radius 1 is 1.33 bits per heavy atom. The zero-order chi connectivity index (χ0) is 15.4. The second-order valence-electron chi connectivity index (χ2n) is 5.17. The Labute approximate surface area is 126 Å². The van der Waals surface area contributed by atoms with Crippen molar-refractivity contribution in [1.29, 1.82) is 0 Å². The van der Waals surface area contributed by atoms with Gasteiger partial charge in [0, 0.05) is 18.3 Å². The van der Waals surface area contributed by atoms with Crippen LogP contribution in [0.25, 0.3) is 0 Å². The Hall–Kier alpha value is -1.85. The van der Waals surface area contributed by atoms with E-state index in [9.17, 15) is 0 Å². The summed E-state index contributed by atoms with van der Waals surface area (Å²) in [4.78, 5) is 0. The van der Waals surface area contributed by atoms with Gasteiger partial charge in [-0.3, -0.25) is 16.0 Å². The molecule has 2 rings (SSSR count). The maximum atomic E-state index is 5.79. The van der Waals surface area contributed by atoms with E-state index < -0.39 is 0 Å². The topological polar surface area (TPSA) is 65.1 Å². The van der Waals surface area contributed by atoms with E-state index in [-0.39, 0.29) is 6.04 Å². The van der Waals surface area contributed by atoms with Gasteiger partial charge in [0.2, 0.25) is 0 Å². The first kappa shape index (κ1) is 15.5. The van der Waals surface area contributed by atoms with Crippen LogP contribution in [0.3, 0.4) is 0 Å². The zero-order valence-electron chi connectivity index (χ0n) is 13.2. The molecular formula is C16H24N4O. The van der Waals surface area contributed by atoms with Crippen LogP contribution in [0, 0.1) is 13.8 Å². The highest BCUT2D eigenvalue weighted by atomic mass is 16.5. The van der Waals surface area contributed by atoms with Crippen LogP contribution in [0.1, 0.15) is 35.5 Å². The number of aromatic nitrogens is 2. The second kappa shape index (κ2) is 6.74. The van der Waals surface area contributed by atoms with E-state index in [1.54, 1.807) is 0 Å². The summed E-state index contributed by atoms with van der Waals surface area (Å²) in [5.74, 6) is 6.67. The second-order valence-corrected chi connectivity index (χ2v) is 5.17. The molecule has 3 N–H and O–H groups in total. The van der Waals surface area contributed by atoms with Gasteiger partial charge in [-0.2, -0.15) is 5.10 Å². The first-order chi connectivity index (χ1) is 10.1. The van der Waals surface area contributed by atoms with Crippen LogP contribution in [0.5, 0.6) is 5.75 Å². The van der Waals surface area contributed by atoms with Crippen LogP contribution < -0.4 is 16.0 Å². The molecule has 0 fully saturated rings. The molecule has 21 heavy (non-hydrogen) atoms. The van der Waals surface area contributed by atoms with Crippen molar-refractivity contribution in [3.8, 4) is 5.75 Å². The lowest BCUT2D eigenvalue weighted by molar-refractivity contribution is 0.331. The summed E-state index contributed by atoms with van der Waals surface area (Å²) >= 11 is 0. The number of para-hydroxylation sites is 1. The molecule has 1 aromatic carbocycles. The number of ether oxygens (including phenoxy) is 1. The summed E-state index contributed by atoms with van der Waals surface area (Å²) in [7, 11) is 1.96. The number of hydrogen-bond donors (Lipinski definition) is 2. The maximum Gasteiger partial charge on any atom is 0.124 e. The average molecular weight is 288 g/mol. The van der Waals surface area contributed by atoms with Crippen molar-refractivity contribution in [1.82, 2.24) is 15.2 Å². The van der Waals surface area contributed by atoms with Crippen molar-refractivity contribution in [3.05, 3.63) is 46.8 Å². The number of nitrogens with zero attached hydrogens (tertiary/aromatic N) is 2. The lowest BCUT2D eigenvalue weighted by Gasteiger charge is -2.20. The smallest absolute Gasteiger partial charge is 0.124 e. The van der Waals surface area contributed by atoms with Crippen LogP contribution in [0.4, 0.5) is 0 Å². The fraction of sp³-hybridized carbons (Fsp3) is 0.438. The minimum atomic E-state index is -0.00523. The molecule has 0 saturated carbocycles. The fourth-order valence-corrected chi connectivity index (χ4v) is 2.63. The molecule has 0 aliphatic carbocycles. The quantitative estimate of drug-likeness (QED) is 0.631. The number of nitrogens with two attached hydrogens (primary N) is 1. The predicted octanol–water partition coefficient (Wildman–Crippen LogP) is 2.18. The molecule has 0 bridgehead atoms. The fourth-order valence-electron chi connectivity index (χ4n) is 2.63. The molecule has 1 atom stereocenters. The molecule has 0 aliphatic heterocycles. The van der Waals surface area contributed by atoms with Crippen molar-refractivity contribution in [2.75, 3.05) is 6.61 Å². The van der Waals surface area contributed by atoms with Gasteiger partial charge < -0.3 is 4.74 Å². The third kappa shape index (κ3) is 3.25. The van der Waals surface area contributed by atoms with Gasteiger partial charge in [-0.25, -0.2) is 0 Å². The van der Waals surface area contributed by atoms with Crippen molar-refractivity contribution < 1.29 is 4.74 Å². The molecule has 5 nitrogen and oxygen atoms in total. The van der Waals surface area contributed by atoms with E-state index in [4.69, 9.17) is 10.6 Å². The van der Waals surface area contributed by atoms with Crippen molar-refractivity contribution in [2.45, 2.75) is 33.2 Å². The number of hydrogen-bond acceptors (Lipinski definition) is 4. The van der Waals surface area contributed by atoms with E-state index in [2.05, 4.69) is 23.5 Å². The Morgan fingerprint density at radius 3 is 2.62 bits per heavy atom. The third-order valence-electron chi connectivity index (χ3n) is 3.86. The van der Waals surface area contributed by atoms with E-state index in [0.29, 0.717) is 6.61 Å². The number of nitrogens with one attached hydrogen (secondary N) is 1. The Kier molecular flexibility index (Phi) is 4.98. The van der Waals surface area contributed by atoms with E-state index >= 15 is 0 Å². The molecule has 2 aromatic rings. The molecule has 0 saturated heterocycles. The number of benzene rings is 1. The summed E-state index contributed by atoms with van der Waals surface area (Å²) in [6.45, 7) is 6.73. The van der Waals surface area contributed by atoms with Crippen LogP contribution >= 0.6 is 0 Å². The standard InChI is InChI=1S/C16H24N4O/c1-5-21-16-9-7-6-8-13(16)15(18-17)10-14-11(2)19-20(4)12(14)3/h6-9,15,18H,5,10,17H2,1-4H3. The van der Waals surface area contributed by atoms with Gasteiger partial charge in [0.25, 0.3) is 0 Å². The predicted molar refractivity (Wildman–Crippen MR) is 84.1 cm³/mol. The highest BCUT2D eigenvalue weighted by molar-refractivity contribution is 5.38. The van der Waals surface area contributed by atoms with Gasteiger partial charge in [-0.1, -0.05) is 18.2 Å². The van der Waals surface area contributed by atoms with Gasteiger partial charge >= 0.3 is 0 Å². The van der Waals surface area contributed by atoms with Gasteiger partial charge in [0.15, 0.2) is 0 Å². The minimum Gasteiger partial charge on any atom is -0.494 e. The van der Waals surface area contributed by atoms with E-state index in [1.165, 1.54) is 11.3 Å².